The minimum atomic E-state index is -1.08. The molecule has 1 aromatic heterocycles. The molecule has 0 saturated heterocycles. The zero-order valence-electron chi connectivity index (χ0n) is 9.73. The fourth-order valence-electron chi connectivity index (χ4n) is 1.10. The van der Waals surface area contributed by atoms with Gasteiger partial charge < -0.3 is 10.8 Å². The van der Waals surface area contributed by atoms with Crippen LogP contribution in [-0.4, -0.2) is 27.5 Å². The Morgan fingerprint density at radius 2 is 2.12 bits per heavy atom. The van der Waals surface area contributed by atoms with E-state index in [2.05, 4.69) is 10.3 Å². The third-order valence-electron chi connectivity index (χ3n) is 2.35. The van der Waals surface area contributed by atoms with Crippen LogP contribution in [0.1, 0.15) is 30.0 Å². The maximum Gasteiger partial charge on any atom is 0.354 e. The molecule has 0 bridgehead atoms. The van der Waals surface area contributed by atoms with Crippen molar-refractivity contribution < 1.29 is 14.7 Å². The summed E-state index contributed by atoms with van der Waals surface area (Å²) in [7, 11) is 0. The van der Waals surface area contributed by atoms with Gasteiger partial charge in [-0.1, -0.05) is 6.07 Å². The summed E-state index contributed by atoms with van der Waals surface area (Å²) >= 11 is 0. The highest BCUT2D eigenvalue weighted by atomic mass is 16.4. The van der Waals surface area contributed by atoms with Gasteiger partial charge in [0.05, 0.1) is 11.2 Å². The second-order valence-electron chi connectivity index (χ2n) is 4.16. The van der Waals surface area contributed by atoms with Gasteiger partial charge in [0.1, 0.15) is 5.69 Å². The number of aromatic nitrogens is 1. The van der Waals surface area contributed by atoms with E-state index < -0.39 is 17.4 Å². The maximum atomic E-state index is 11.1. The number of pyridine rings is 1. The second kappa shape index (κ2) is 4.92. The number of nitrogens with two attached hydrogens (primary N) is 1. The quantitative estimate of drug-likeness (QED) is 0.675. The van der Waals surface area contributed by atoms with Crippen LogP contribution in [0.25, 0.3) is 0 Å². The number of nitrogens with zero attached hydrogens (tertiary/aromatic N) is 1. The standard InChI is InChI=1S/C11H15N3O3/c1-11(2,10(12)17)13-6-7-4-3-5-8(14-7)9(15)16/h3-5,13H,6H2,1-2H3,(H2,12,17)(H,15,16). The topological polar surface area (TPSA) is 105 Å². The van der Waals surface area contributed by atoms with Gasteiger partial charge in [0.15, 0.2) is 0 Å². The molecule has 1 amide bonds. The lowest BCUT2D eigenvalue weighted by Gasteiger charge is -2.21. The van der Waals surface area contributed by atoms with Crippen molar-refractivity contribution in [1.29, 1.82) is 0 Å². The monoisotopic (exact) mass is 237 g/mol. The van der Waals surface area contributed by atoms with E-state index in [0.29, 0.717) is 5.69 Å². The largest absolute Gasteiger partial charge is 0.477 e. The normalized spacial score (nSPS) is 11.2. The molecule has 1 rings (SSSR count). The molecule has 17 heavy (non-hydrogen) atoms. The fraction of sp³-hybridized carbons (Fsp3) is 0.364. The SMILES string of the molecule is CC(C)(NCc1cccc(C(=O)O)n1)C(N)=O. The van der Waals surface area contributed by atoms with Crippen LogP contribution < -0.4 is 11.1 Å². The molecule has 0 spiro atoms. The van der Waals surface area contributed by atoms with Gasteiger partial charge in [0.2, 0.25) is 5.91 Å². The van der Waals surface area contributed by atoms with Crippen LogP contribution in [0, 0.1) is 0 Å². The van der Waals surface area contributed by atoms with E-state index in [4.69, 9.17) is 10.8 Å². The van der Waals surface area contributed by atoms with Crippen molar-refractivity contribution in [2.75, 3.05) is 0 Å². The highest BCUT2D eigenvalue weighted by molar-refractivity contribution is 5.85. The van der Waals surface area contributed by atoms with Crippen LogP contribution in [0.5, 0.6) is 0 Å². The lowest BCUT2D eigenvalue weighted by Crippen LogP contribution is -2.50. The van der Waals surface area contributed by atoms with Crippen LogP contribution in [0.2, 0.25) is 0 Å². The van der Waals surface area contributed by atoms with Gasteiger partial charge in [-0.3, -0.25) is 10.1 Å². The smallest absolute Gasteiger partial charge is 0.354 e. The Kier molecular flexibility index (Phi) is 3.80. The predicted octanol–water partition coefficient (Wildman–Crippen LogP) is 0.133. The molecule has 1 aromatic rings. The molecule has 6 nitrogen and oxygen atoms in total. The molecule has 0 atom stereocenters. The molecule has 0 unspecified atom stereocenters. The average molecular weight is 237 g/mol. The Hall–Kier alpha value is -1.95. The Morgan fingerprint density at radius 3 is 2.65 bits per heavy atom. The Balaban J connectivity index is 2.73. The molecule has 4 N–H and O–H groups in total. The number of carboxylic acids is 1. The second-order valence-corrected chi connectivity index (χ2v) is 4.16. The van der Waals surface area contributed by atoms with E-state index in [0.717, 1.165) is 0 Å². The van der Waals surface area contributed by atoms with E-state index >= 15 is 0 Å². The number of carbonyl (C=O) groups excluding carboxylic acids is 1. The molecule has 0 radical (unpaired) electrons. The van der Waals surface area contributed by atoms with Gasteiger partial charge in [-0.05, 0) is 26.0 Å². The van der Waals surface area contributed by atoms with Crippen LogP contribution in [0.4, 0.5) is 0 Å². The van der Waals surface area contributed by atoms with Crippen molar-refractivity contribution in [3.8, 4) is 0 Å². The summed E-state index contributed by atoms with van der Waals surface area (Å²) in [5.74, 6) is -1.56. The molecular formula is C11H15N3O3. The lowest BCUT2D eigenvalue weighted by molar-refractivity contribution is -0.123. The number of carboxylic acid groups (broad SMARTS) is 1. The third-order valence-corrected chi connectivity index (χ3v) is 2.35. The van der Waals surface area contributed by atoms with E-state index in [1.54, 1.807) is 26.0 Å². The minimum absolute atomic E-state index is 0.0267. The van der Waals surface area contributed by atoms with Crippen molar-refractivity contribution >= 4 is 11.9 Å². The van der Waals surface area contributed by atoms with Gasteiger partial charge in [-0.25, -0.2) is 9.78 Å². The number of carbonyl (C=O) groups is 2. The molecule has 1 heterocycles. The Morgan fingerprint density at radius 1 is 1.47 bits per heavy atom. The number of primary amides is 1. The van der Waals surface area contributed by atoms with Gasteiger partial charge in [0, 0.05) is 6.54 Å². The summed E-state index contributed by atoms with van der Waals surface area (Å²) in [6, 6.07) is 4.69. The number of hydrogen-bond acceptors (Lipinski definition) is 4. The summed E-state index contributed by atoms with van der Waals surface area (Å²) in [6.07, 6.45) is 0. The third kappa shape index (κ3) is 3.53. The average Bonchev–Trinajstić information content (AvgIpc) is 2.26. The number of amides is 1. The number of nitrogens with one attached hydrogen (secondary N) is 1. The Bertz CT molecular complexity index is 443. The van der Waals surface area contributed by atoms with Gasteiger partial charge in [-0.15, -0.1) is 0 Å². The van der Waals surface area contributed by atoms with Crippen molar-refractivity contribution in [3.63, 3.8) is 0 Å². The van der Waals surface area contributed by atoms with E-state index in [-0.39, 0.29) is 12.2 Å². The first kappa shape index (κ1) is 13.1. The van der Waals surface area contributed by atoms with Gasteiger partial charge in [-0.2, -0.15) is 0 Å². The first-order valence-electron chi connectivity index (χ1n) is 5.07. The van der Waals surface area contributed by atoms with Crippen LogP contribution >= 0.6 is 0 Å². The Labute approximate surface area is 98.8 Å². The molecule has 0 fully saturated rings. The molecule has 0 aliphatic heterocycles. The summed E-state index contributed by atoms with van der Waals surface area (Å²) in [6.45, 7) is 3.57. The van der Waals surface area contributed by atoms with Gasteiger partial charge >= 0.3 is 5.97 Å². The molecular weight excluding hydrogens is 222 g/mol. The first-order chi connectivity index (χ1) is 7.83. The van der Waals surface area contributed by atoms with Crippen LogP contribution in [0.15, 0.2) is 18.2 Å². The molecule has 0 aliphatic carbocycles. The van der Waals surface area contributed by atoms with Crippen molar-refractivity contribution in [2.45, 2.75) is 25.9 Å². The van der Waals surface area contributed by atoms with Gasteiger partial charge in [0.25, 0.3) is 0 Å². The molecule has 0 saturated carbocycles. The van der Waals surface area contributed by atoms with Crippen molar-refractivity contribution in [3.05, 3.63) is 29.6 Å². The summed E-state index contributed by atoms with van der Waals surface area (Å²) < 4.78 is 0. The number of rotatable bonds is 5. The molecule has 6 heteroatoms. The zero-order chi connectivity index (χ0) is 13.1. The molecule has 0 aliphatic rings. The van der Waals surface area contributed by atoms with E-state index in [1.165, 1.54) is 6.07 Å². The summed E-state index contributed by atoms with van der Waals surface area (Å²) in [4.78, 5) is 25.7. The predicted molar refractivity (Wildman–Crippen MR) is 61.3 cm³/mol. The lowest BCUT2D eigenvalue weighted by atomic mass is 10.1. The first-order valence-corrected chi connectivity index (χ1v) is 5.07. The van der Waals surface area contributed by atoms with Crippen molar-refractivity contribution in [2.24, 2.45) is 5.73 Å². The van der Waals surface area contributed by atoms with Crippen LogP contribution in [-0.2, 0) is 11.3 Å². The maximum absolute atomic E-state index is 11.1. The van der Waals surface area contributed by atoms with E-state index in [1.807, 2.05) is 0 Å². The zero-order valence-corrected chi connectivity index (χ0v) is 9.73. The highest BCUT2D eigenvalue weighted by Gasteiger charge is 2.23. The molecule has 0 aromatic carbocycles. The number of hydrogen-bond donors (Lipinski definition) is 3. The van der Waals surface area contributed by atoms with Crippen molar-refractivity contribution in [1.82, 2.24) is 10.3 Å². The fourth-order valence-corrected chi connectivity index (χ4v) is 1.10. The van der Waals surface area contributed by atoms with E-state index in [9.17, 15) is 9.59 Å². The summed E-state index contributed by atoms with van der Waals surface area (Å²) in [5, 5.41) is 11.7. The molecule has 92 valence electrons. The summed E-state index contributed by atoms with van der Waals surface area (Å²) in [5.41, 5.74) is 4.85. The van der Waals surface area contributed by atoms with Crippen LogP contribution in [0.3, 0.4) is 0 Å². The highest BCUT2D eigenvalue weighted by Crippen LogP contribution is 2.04. The number of aromatic carboxylic acids is 1. The minimum Gasteiger partial charge on any atom is -0.477 e.